The van der Waals surface area contributed by atoms with E-state index in [2.05, 4.69) is 20.7 Å². The first-order valence-corrected chi connectivity index (χ1v) is 5.03. The average molecular weight is 341 g/mol. The summed E-state index contributed by atoms with van der Waals surface area (Å²) in [5, 5.41) is 0. The van der Waals surface area contributed by atoms with E-state index in [4.69, 9.17) is 0 Å². The van der Waals surface area contributed by atoms with Gasteiger partial charge >= 0.3 is 18.2 Å². The molecule has 0 amide bonds. The van der Waals surface area contributed by atoms with Crippen molar-refractivity contribution >= 4 is 15.9 Å². The van der Waals surface area contributed by atoms with Crippen LogP contribution in [0.5, 0.6) is 5.75 Å². The second-order valence-corrected chi connectivity index (χ2v) is 4.06. The van der Waals surface area contributed by atoms with Crippen molar-refractivity contribution in [2.75, 3.05) is 0 Å². The van der Waals surface area contributed by atoms with Gasteiger partial charge in [-0.15, -0.1) is 0 Å². The van der Waals surface area contributed by atoms with E-state index >= 15 is 0 Å². The Morgan fingerprint density at radius 3 is 1.50 bits per heavy atom. The fraction of sp³-hybridized carbons (Fsp3) is 0.333. The maximum atomic E-state index is 13.1. The Morgan fingerprint density at radius 2 is 1.17 bits per heavy atom. The minimum absolute atomic E-state index is 0.387. The van der Waals surface area contributed by atoms with Gasteiger partial charge < -0.3 is 4.74 Å². The lowest BCUT2D eigenvalue weighted by atomic mass is 10.2. The van der Waals surface area contributed by atoms with Gasteiger partial charge in [0.1, 0.15) is 5.75 Å². The van der Waals surface area contributed by atoms with Crippen LogP contribution < -0.4 is 4.74 Å². The van der Waals surface area contributed by atoms with Crippen molar-refractivity contribution in [1.82, 2.24) is 0 Å². The first-order valence-electron chi connectivity index (χ1n) is 4.24. The molecule has 0 spiro atoms. The summed E-state index contributed by atoms with van der Waals surface area (Å²) in [7, 11) is 0. The number of hydrogen-bond acceptors (Lipinski definition) is 1. The van der Waals surface area contributed by atoms with Crippen LogP contribution in [0.4, 0.5) is 30.7 Å². The summed E-state index contributed by atoms with van der Waals surface area (Å²) in [6, 6.07) is 3.77. The molecule has 0 aliphatic rings. The zero-order valence-corrected chi connectivity index (χ0v) is 9.83. The molecule has 1 rings (SSSR count). The summed E-state index contributed by atoms with van der Waals surface area (Å²) in [4.78, 5) is 0. The van der Waals surface area contributed by atoms with E-state index in [1.54, 1.807) is 0 Å². The summed E-state index contributed by atoms with van der Waals surface area (Å²) in [6.07, 6.45) is -12.5. The van der Waals surface area contributed by atoms with Gasteiger partial charge in [-0.05, 0) is 24.3 Å². The first kappa shape index (κ1) is 15.1. The Labute approximate surface area is 105 Å². The predicted molar refractivity (Wildman–Crippen MR) is 50.7 cm³/mol. The zero-order chi connectivity index (χ0) is 14.2. The molecule has 1 aromatic carbocycles. The smallest absolute Gasteiger partial charge is 0.444 e. The van der Waals surface area contributed by atoms with Gasteiger partial charge in [0.15, 0.2) is 0 Å². The molecule has 1 nitrogen and oxygen atoms in total. The third kappa shape index (κ3) is 2.88. The number of rotatable bonds is 2. The number of hydrogen-bond donors (Lipinski definition) is 0. The van der Waals surface area contributed by atoms with Crippen LogP contribution in [0.25, 0.3) is 0 Å². The monoisotopic (exact) mass is 340 g/mol. The molecule has 0 N–H and O–H groups in total. The van der Waals surface area contributed by atoms with Gasteiger partial charge in [0.25, 0.3) is 0 Å². The molecule has 18 heavy (non-hydrogen) atoms. The van der Waals surface area contributed by atoms with Crippen molar-refractivity contribution in [3.05, 3.63) is 28.7 Å². The molecule has 0 saturated carbocycles. The molecule has 0 bridgehead atoms. The maximum Gasteiger partial charge on any atom is 0.470 e. The largest absolute Gasteiger partial charge is 0.470 e. The molecule has 102 valence electrons. The first-order chi connectivity index (χ1) is 7.97. The number of ether oxygens (including phenoxy) is 1. The van der Waals surface area contributed by atoms with Crippen LogP contribution in [-0.2, 0) is 0 Å². The van der Waals surface area contributed by atoms with Crippen molar-refractivity contribution in [2.24, 2.45) is 0 Å². The SMILES string of the molecule is FC(F)(F)C(F)(Oc1ccc(Br)cc1)C(F)(F)F. The average Bonchev–Trinajstić information content (AvgIpc) is 2.18. The van der Waals surface area contributed by atoms with E-state index in [1.165, 1.54) is 0 Å². The molecular weight excluding hydrogens is 337 g/mol. The van der Waals surface area contributed by atoms with Crippen LogP contribution in [-0.4, -0.2) is 18.2 Å². The molecular formula is C9H4BrF7O. The Kier molecular flexibility index (Phi) is 3.85. The Bertz CT molecular complexity index is 394. The van der Waals surface area contributed by atoms with E-state index in [0.29, 0.717) is 4.47 Å². The molecule has 1 aromatic rings. The van der Waals surface area contributed by atoms with Crippen molar-refractivity contribution in [3.8, 4) is 5.75 Å². The van der Waals surface area contributed by atoms with Gasteiger partial charge in [-0.2, -0.15) is 30.7 Å². The number of halogens is 8. The maximum absolute atomic E-state index is 13.1. The molecule has 0 heterocycles. The van der Waals surface area contributed by atoms with Crippen molar-refractivity contribution in [3.63, 3.8) is 0 Å². The van der Waals surface area contributed by atoms with Gasteiger partial charge in [-0.25, -0.2) is 0 Å². The van der Waals surface area contributed by atoms with Gasteiger partial charge in [0, 0.05) is 4.47 Å². The lowest BCUT2D eigenvalue weighted by Crippen LogP contribution is -2.57. The van der Waals surface area contributed by atoms with E-state index in [-0.39, 0.29) is 0 Å². The van der Waals surface area contributed by atoms with Crippen molar-refractivity contribution in [2.45, 2.75) is 18.2 Å². The quantitative estimate of drug-likeness (QED) is 0.714. The van der Waals surface area contributed by atoms with Crippen LogP contribution in [0.15, 0.2) is 28.7 Å². The molecule has 0 aromatic heterocycles. The minimum atomic E-state index is -6.24. The standard InChI is InChI=1S/C9H4BrF7O/c10-5-1-3-6(4-2-5)18-7(11,8(12,13)14)9(15,16)17/h1-4H. The fourth-order valence-electron chi connectivity index (χ4n) is 0.941. The molecule has 0 atom stereocenters. The normalized spacial score (nSPS) is 13.6. The number of alkyl halides is 7. The van der Waals surface area contributed by atoms with E-state index < -0.39 is 24.0 Å². The van der Waals surface area contributed by atoms with Gasteiger partial charge in [-0.1, -0.05) is 15.9 Å². The van der Waals surface area contributed by atoms with E-state index in [0.717, 1.165) is 24.3 Å². The molecule has 0 fully saturated rings. The summed E-state index contributed by atoms with van der Waals surface area (Å²) in [6.45, 7) is 0. The molecule has 0 unspecified atom stereocenters. The van der Waals surface area contributed by atoms with E-state index in [9.17, 15) is 30.7 Å². The third-order valence-corrected chi connectivity index (χ3v) is 2.33. The van der Waals surface area contributed by atoms with Crippen LogP contribution in [0, 0.1) is 0 Å². The lowest BCUT2D eigenvalue weighted by Gasteiger charge is -2.29. The number of benzene rings is 1. The Morgan fingerprint density at radius 1 is 0.778 bits per heavy atom. The van der Waals surface area contributed by atoms with Crippen LogP contribution in [0.1, 0.15) is 0 Å². The Hall–Kier alpha value is -0.990. The summed E-state index contributed by atoms with van der Waals surface area (Å²) < 4.78 is 89.8. The van der Waals surface area contributed by atoms with Crippen LogP contribution in [0.3, 0.4) is 0 Å². The van der Waals surface area contributed by atoms with Gasteiger partial charge in [0.05, 0.1) is 0 Å². The summed E-state index contributed by atoms with van der Waals surface area (Å²) in [5.41, 5.74) is 0. The van der Waals surface area contributed by atoms with Crippen LogP contribution in [0.2, 0.25) is 0 Å². The third-order valence-electron chi connectivity index (χ3n) is 1.80. The minimum Gasteiger partial charge on any atom is -0.444 e. The van der Waals surface area contributed by atoms with Crippen molar-refractivity contribution in [1.29, 1.82) is 0 Å². The highest BCUT2D eigenvalue weighted by Crippen LogP contribution is 2.47. The molecule has 9 heteroatoms. The second-order valence-electron chi connectivity index (χ2n) is 3.15. The molecule has 0 aliphatic heterocycles. The fourth-order valence-corrected chi connectivity index (χ4v) is 1.21. The summed E-state index contributed by atoms with van der Waals surface area (Å²) in [5.74, 6) is -6.64. The molecule has 0 radical (unpaired) electrons. The predicted octanol–water partition coefficient (Wildman–Crippen LogP) is 4.62. The highest BCUT2D eigenvalue weighted by Gasteiger charge is 2.76. The summed E-state index contributed by atoms with van der Waals surface area (Å²) >= 11 is 2.91. The lowest BCUT2D eigenvalue weighted by molar-refractivity contribution is -0.405. The second kappa shape index (κ2) is 4.60. The topological polar surface area (TPSA) is 9.23 Å². The van der Waals surface area contributed by atoms with Gasteiger partial charge in [0.2, 0.25) is 0 Å². The van der Waals surface area contributed by atoms with Crippen LogP contribution >= 0.6 is 15.9 Å². The Balaban J connectivity index is 3.12. The highest BCUT2D eigenvalue weighted by molar-refractivity contribution is 9.10. The molecule has 0 saturated heterocycles. The van der Waals surface area contributed by atoms with Crippen molar-refractivity contribution < 1.29 is 35.5 Å². The zero-order valence-electron chi connectivity index (χ0n) is 8.24. The van der Waals surface area contributed by atoms with E-state index in [1.807, 2.05) is 0 Å². The van der Waals surface area contributed by atoms with Gasteiger partial charge in [-0.3, -0.25) is 0 Å². The highest BCUT2D eigenvalue weighted by atomic mass is 79.9. The molecule has 0 aliphatic carbocycles.